The molecule has 1 aliphatic carbocycles. The number of carbonyl (C=O) groups excluding carboxylic acids is 1. The average Bonchev–Trinajstić information content (AvgIpc) is 3.35. The Morgan fingerprint density at radius 3 is 2.45 bits per heavy atom. The maximum atomic E-state index is 12.6. The Hall–Kier alpha value is -1.49. The molecule has 1 saturated carbocycles. The van der Waals surface area contributed by atoms with E-state index in [0.717, 1.165) is 18.6 Å². The van der Waals surface area contributed by atoms with Crippen LogP contribution >= 0.6 is 11.8 Å². The fraction of sp³-hybridized carbons (Fsp3) is 0.529. The zero-order valence-corrected chi connectivity index (χ0v) is 13.9. The fourth-order valence-electron chi connectivity index (χ4n) is 2.28. The molecule has 1 fully saturated rings. The zero-order chi connectivity index (χ0) is 16.1. The van der Waals surface area contributed by atoms with Crippen LogP contribution in [0.25, 0.3) is 0 Å². The minimum atomic E-state index is -0.844. The first-order chi connectivity index (χ1) is 10.5. The molecule has 0 radical (unpaired) electrons. The van der Waals surface area contributed by atoms with E-state index in [1.165, 1.54) is 5.56 Å². The van der Waals surface area contributed by atoms with Crippen LogP contribution in [-0.4, -0.2) is 39.7 Å². The number of hydrogen-bond donors (Lipinski definition) is 1. The van der Waals surface area contributed by atoms with Gasteiger partial charge in [0.15, 0.2) is 0 Å². The quantitative estimate of drug-likeness (QED) is 0.799. The van der Waals surface area contributed by atoms with Crippen LogP contribution in [0.3, 0.4) is 0 Å². The van der Waals surface area contributed by atoms with Gasteiger partial charge in [-0.1, -0.05) is 37.3 Å². The molecule has 0 aromatic heterocycles. The van der Waals surface area contributed by atoms with Crippen molar-refractivity contribution in [2.24, 2.45) is 5.92 Å². The van der Waals surface area contributed by atoms with Crippen molar-refractivity contribution in [1.29, 1.82) is 0 Å². The van der Waals surface area contributed by atoms with Crippen molar-refractivity contribution >= 4 is 23.6 Å². The van der Waals surface area contributed by atoms with Crippen molar-refractivity contribution in [2.75, 3.05) is 6.54 Å². The lowest BCUT2D eigenvalue weighted by atomic mass is 10.1. The normalized spacial score (nSPS) is 16.8. The van der Waals surface area contributed by atoms with E-state index in [0.29, 0.717) is 6.54 Å². The summed E-state index contributed by atoms with van der Waals surface area (Å²) >= 11 is 1.61. The molecule has 1 aromatic carbocycles. The van der Waals surface area contributed by atoms with Gasteiger partial charge in [0, 0.05) is 18.3 Å². The van der Waals surface area contributed by atoms with E-state index in [-0.39, 0.29) is 17.2 Å². The Balaban J connectivity index is 1.90. The first-order valence-electron chi connectivity index (χ1n) is 7.68. The van der Waals surface area contributed by atoms with Gasteiger partial charge in [0.05, 0.1) is 11.2 Å². The SMILES string of the molecule is CC(CN(C(=O)C(C)SCc1ccccc1)C1CC1)C(=O)O. The Bertz CT molecular complexity index is 516. The molecule has 120 valence electrons. The number of aliphatic carboxylic acids is 1. The summed E-state index contributed by atoms with van der Waals surface area (Å²) in [5, 5.41) is 8.91. The van der Waals surface area contributed by atoms with E-state index in [1.54, 1.807) is 23.6 Å². The Morgan fingerprint density at radius 2 is 1.91 bits per heavy atom. The third kappa shape index (κ3) is 4.77. The van der Waals surface area contributed by atoms with Gasteiger partial charge in [-0.25, -0.2) is 0 Å². The van der Waals surface area contributed by atoms with Crippen LogP contribution in [0.1, 0.15) is 32.3 Å². The van der Waals surface area contributed by atoms with E-state index in [2.05, 4.69) is 12.1 Å². The molecule has 0 spiro atoms. The monoisotopic (exact) mass is 321 g/mol. The molecule has 0 aliphatic heterocycles. The summed E-state index contributed by atoms with van der Waals surface area (Å²) in [5.74, 6) is -0.503. The molecular weight excluding hydrogens is 298 g/mol. The van der Waals surface area contributed by atoms with Crippen molar-refractivity contribution in [3.8, 4) is 0 Å². The van der Waals surface area contributed by atoms with Gasteiger partial charge in [-0.3, -0.25) is 9.59 Å². The van der Waals surface area contributed by atoms with Crippen LogP contribution in [-0.2, 0) is 15.3 Å². The average molecular weight is 321 g/mol. The second-order valence-corrected chi connectivity index (χ2v) is 7.23. The largest absolute Gasteiger partial charge is 0.481 e. The van der Waals surface area contributed by atoms with Crippen molar-refractivity contribution in [2.45, 2.75) is 43.7 Å². The first kappa shape index (κ1) is 16.9. The number of carbonyl (C=O) groups is 2. The molecule has 1 amide bonds. The van der Waals surface area contributed by atoms with E-state index in [9.17, 15) is 9.59 Å². The lowest BCUT2D eigenvalue weighted by Gasteiger charge is -2.27. The molecule has 0 saturated heterocycles. The van der Waals surface area contributed by atoms with Crippen molar-refractivity contribution in [1.82, 2.24) is 4.90 Å². The third-order valence-corrected chi connectivity index (χ3v) is 5.06. The summed E-state index contributed by atoms with van der Waals surface area (Å²) in [6.07, 6.45) is 1.99. The summed E-state index contributed by atoms with van der Waals surface area (Å²) in [5.41, 5.74) is 1.20. The number of carboxylic acids is 1. The lowest BCUT2D eigenvalue weighted by Crippen LogP contribution is -2.42. The zero-order valence-electron chi connectivity index (χ0n) is 13.1. The molecular formula is C17H23NO3S. The minimum absolute atomic E-state index is 0.0662. The summed E-state index contributed by atoms with van der Waals surface area (Å²) in [7, 11) is 0. The first-order valence-corrected chi connectivity index (χ1v) is 8.72. The topological polar surface area (TPSA) is 57.6 Å². The van der Waals surface area contributed by atoms with Gasteiger partial charge in [0.1, 0.15) is 0 Å². The van der Waals surface area contributed by atoms with Gasteiger partial charge in [-0.15, -0.1) is 11.8 Å². The van der Waals surface area contributed by atoms with E-state index in [4.69, 9.17) is 5.11 Å². The molecule has 1 aliphatic rings. The summed E-state index contributed by atoms with van der Waals surface area (Å²) in [6.45, 7) is 3.89. The molecule has 2 rings (SSSR count). The molecule has 5 heteroatoms. The Kier molecular flexibility index (Phi) is 5.89. The maximum Gasteiger partial charge on any atom is 0.308 e. The van der Waals surface area contributed by atoms with Gasteiger partial charge >= 0.3 is 5.97 Å². The van der Waals surface area contributed by atoms with Gasteiger partial charge in [0.2, 0.25) is 5.91 Å². The van der Waals surface area contributed by atoms with Crippen LogP contribution < -0.4 is 0 Å². The highest BCUT2D eigenvalue weighted by atomic mass is 32.2. The van der Waals surface area contributed by atoms with Crippen molar-refractivity contribution in [3.63, 3.8) is 0 Å². The second-order valence-electron chi connectivity index (χ2n) is 5.90. The number of nitrogens with zero attached hydrogens (tertiary/aromatic N) is 1. The van der Waals surface area contributed by atoms with Crippen LogP contribution in [0.5, 0.6) is 0 Å². The Morgan fingerprint density at radius 1 is 1.27 bits per heavy atom. The van der Waals surface area contributed by atoms with Gasteiger partial charge in [-0.05, 0) is 25.3 Å². The molecule has 1 aromatic rings. The van der Waals surface area contributed by atoms with E-state index in [1.807, 2.05) is 25.1 Å². The minimum Gasteiger partial charge on any atom is -0.481 e. The molecule has 22 heavy (non-hydrogen) atoms. The molecule has 2 unspecified atom stereocenters. The molecule has 0 bridgehead atoms. The van der Waals surface area contributed by atoms with E-state index < -0.39 is 11.9 Å². The molecule has 4 nitrogen and oxygen atoms in total. The van der Waals surface area contributed by atoms with Crippen molar-refractivity contribution in [3.05, 3.63) is 35.9 Å². The second kappa shape index (κ2) is 7.68. The summed E-state index contributed by atoms with van der Waals surface area (Å²) in [6, 6.07) is 10.3. The van der Waals surface area contributed by atoms with Gasteiger partial charge < -0.3 is 10.0 Å². The smallest absolute Gasteiger partial charge is 0.308 e. The summed E-state index contributed by atoms with van der Waals surface area (Å²) < 4.78 is 0. The fourth-order valence-corrected chi connectivity index (χ4v) is 3.19. The van der Waals surface area contributed by atoms with E-state index >= 15 is 0 Å². The standard InChI is InChI=1S/C17H23NO3S/c1-12(17(20)21)10-18(15-8-9-15)16(19)13(2)22-11-14-6-4-3-5-7-14/h3-7,12-13,15H,8-11H2,1-2H3,(H,20,21). The molecule has 1 N–H and O–H groups in total. The molecule has 2 atom stereocenters. The number of benzene rings is 1. The molecule has 0 heterocycles. The number of hydrogen-bond acceptors (Lipinski definition) is 3. The number of carboxylic acid groups (broad SMARTS) is 1. The van der Waals surface area contributed by atoms with Crippen LogP contribution in [0, 0.1) is 5.92 Å². The van der Waals surface area contributed by atoms with Crippen molar-refractivity contribution < 1.29 is 14.7 Å². The third-order valence-electron chi connectivity index (χ3n) is 3.85. The summed E-state index contributed by atoms with van der Waals surface area (Å²) in [4.78, 5) is 25.4. The predicted octanol–water partition coefficient (Wildman–Crippen LogP) is 3.02. The highest BCUT2D eigenvalue weighted by Crippen LogP contribution is 2.30. The van der Waals surface area contributed by atoms with Crippen LogP contribution in [0.15, 0.2) is 30.3 Å². The van der Waals surface area contributed by atoms with Crippen LogP contribution in [0.2, 0.25) is 0 Å². The lowest BCUT2D eigenvalue weighted by molar-refractivity contribution is -0.143. The highest BCUT2D eigenvalue weighted by Gasteiger charge is 2.36. The predicted molar refractivity (Wildman–Crippen MR) is 88.7 cm³/mol. The highest BCUT2D eigenvalue weighted by molar-refractivity contribution is 7.99. The number of amides is 1. The van der Waals surface area contributed by atoms with Gasteiger partial charge in [0.25, 0.3) is 0 Å². The Labute approximate surface area is 135 Å². The maximum absolute atomic E-state index is 12.6. The number of thioether (sulfide) groups is 1. The van der Waals surface area contributed by atoms with Crippen LogP contribution in [0.4, 0.5) is 0 Å². The number of rotatable bonds is 8. The van der Waals surface area contributed by atoms with Gasteiger partial charge in [-0.2, -0.15) is 0 Å².